The van der Waals surface area contributed by atoms with Gasteiger partial charge in [0.05, 0.1) is 0 Å². The van der Waals surface area contributed by atoms with Crippen LogP contribution in [0.5, 0.6) is 0 Å². The molecule has 1 aliphatic rings. The van der Waals surface area contributed by atoms with E-state index in [9.17, 15) is 17.6 Å². The molecule has 0 bridgehead atoms. The summed E-state index contributed by atoms with van der Waals surface area (Å²) in [5.74, 6) is -2.76. The molecule has 0 fully saturated rings. The first kappa shape index (κ1) is 18.2. The molecule has 136 valence electrons. The van der Waals surface area contributed by atoms with Crippen molar-refractivity contribution >= 4 is 27.5 Å². The van der Waals surface area contributed by atoms with Gasteiger partial charge in [-0.2, -0.15) is 8.42 Å². The fourth-order valence-electron chi connectivity index (χ4n) is 2.35. The molecule has 26 heavy (non-hydrogen) atoms. The number of hydrogen-bond acceptors (Lipinski definition) is 6. The lowest BCUT2D eigenvalue weighted by Gasteiger charge is -2.10. The lowest BCUT2D eigenvalue weighted by Crippen LogP contribution is -2.16. The van der Waals surface area contributed by atoms with Crippen LogP contribution in [0.2, 0.25) is 5.02 Å². The minimum Gasteiger partial charge on any atom is -0.460 e. The predicted octanol–water partition coefficient (Wildman–Crippen LogP) is 2.79. The van der Waals surface area contributed by atoms with Crippen molar-refractivity contribution in [2.24, 2.45) is 5.73 Å². The van der Waals surface area contributed by atoms with E-state index in [4.69, 9.17) is 26.3 Å². The van der Waals surface area contributed by atoms with Crippen molar-refractivity contribution in [2.75, 3.05) is 0 Å². The standard InChI is InChI=1S/C17H13ClFNO5S/c18-12-5-3-11(4-6-12)15-14(21)16(17(20)24-15)25-26(22,23)9-10-1-7-13(19)8-2-10/h1-8,15H,9,20H2. The zero-order valence-corrected chi connectivity index (χ0v) is 14.8. The van der Waals surface area contributed by atoms with Gasteiger partial charge in [-0.05, 0) is 29.8 Å². The quantitative estimate of drug-likeness (QED) is 0.779. The summed E-state index contributed by atoms with van der Waals surface area (Å²) in [5, 5.41) is 0.471. The number of ether oxygens (including phenoxy) is 1. The largest absolute Gasteiger partial charge is 0.460 e. The monoisotopic (exact) mass is 397 g/mol. The Balaban J connectivity index is 1.76. The molecule has 6 nitrogen and oxygen atoms in total. The van der Waals surface area contributed by atoms with Crippen LogP contribution in [0.4, 0.5) is 4.39 Å². The van der Waals surface area contributed by atoms with E-state index in [1.54, 1.807) is 24.3 Å². The molecule has 1 unspecified atom stereocenters. The van der Waals surface area contributed by atoms with Crippen molar-refractivity contribution < 1.29 is 26.5 Å². The summed E-state index contributed by atoms with van der Waals surface area (Å²) in [6.45, 7) is 0. The molecular weight excluding hydrogens is 385 g/mol. The summed E-state index contributed by atoms with van der Waals surface area (Å²) in [5.41, 5.74) is 6.37. The SMILES string of the molecule is NC1=C(OS(=O)(=O)Cc2ccc(F)cc2)C(=O)C(c2ccc(Cl)cc2)O1. The molecule has 2 aromatic carbocycles. The number of ketones is 1. The van der Waals surface area contributed by atoms with Crippen LogP contribution in [0.15, 0.2) is 60.2 Å². The zero-order chi connectivity index (χ0) is 18.9. The topological polar surface area (TPSA) is 95.7 Å². The number of Topliss-reactive ketones (excluding diaryl/α,β-unsaturated/α-hetero) is 1. The Bertz CT molecular complexity index is 971. The Morgan fingerprint density at radius 2 is 1.73 bits per heavy atom. The average molecular weight is 398 g/mol. The van der Waals surface area contributed by atoms with Gasteiger partial charge in [0.1, 0.15) is 11.6 Å². The fraction of sp³-hybridized carbons (Fsp3) is 0.118. The second-order valence-corrected chi connectivity index (χ2v) is 7.53. The molecular formula is C17H13ClFNO5S. The normalized spacial score (nSPS) is 17.3. The van der Waals surface area contributed by atoms with Gasteiger partial charge < -0.3 is 14.7 Å². The maximum Gasteiger partial charge on any atom is 0.313 e. The van der Waals surface area contributed by atoms with E-state index in [2.05, 4.69) is 0 Å². The molecule has 9 heteroatoms. The van der Waals surface area contributed by atoms with Gasteiger partial charge in [-0.25, -0.2) is 4.39 Å². The van der Waals surface area contributed by atoms with Crippen molar-refractivity contribution in [3.63, 3.8) is 0 Å². The van der Waals surface area contributed by atoms with Crippen LogP contribution in [0.1, 0.15) is 17.2 Å². The summed E-state index contributed by atoms with van der Waals surface area (Å²) in [6, 6.07) is 11.1. The van der Waals surface area contributed by atoms with E-state index in [1.165, 1.54) is 12.1 Å². The highest BCUT2D eigenvalue weighted by Crippen LogP contribution is 2.33. The number of rotatable bonds is 5. The number of hydrogen-bond donors (Lipinski definition) is 1. The first-order valence-electron chi connectivity index (χ1n) is 7.38. The van der Waals surface area contributed by atoms with Crippen molar-refractivity contribution in [2.45, 2.75) is 11.9 Å². The van der Waals surface area contributed by atoms with Crippen LogP contribution in [0, 0.1) is 5.82 Å². The maximum atomic E-state index is 12.9. The van der Waals surface area contributed by atoms with Crippen LogP contribution in [-0.4, -0.2) is 14.2 Å². The highest BCUT2D eigenvalue weighted by molar-refractivity contribution is 7.86. The summed E-state index contributed by atoms with van der Waals surface area (Å²) >= 11 is 5.80. The Kier molecular flexibility index (Phi) is 4.88. The molecule has 0 amide bonds. The van der Waals surface area contributed by atoms with Crippen molar-refractivity contribution in [3.8, 4) is 0 Å². The lowest BCUT2D eigenvalue weighted by molar-refractivity contribution is -0.123. The number of halogens is 2. The minimum atomic E-state index is -4.19. The molecule has 0 aromatic heterocycles. The molecule has 0 aliphatic carbocycles. The van der Waals surface area contributed by atoms with Gasteiger partial charge >= 0.3 is 10.1 Å². The molecule has 2 aromatic rings. The number of benzene rings is 2. The van der Waals surface area contributed by atoms with Crippen LogP contribution < -0.4 is 5.73 Å². The first-order valence-corrected chi connectivity index (χ1v) is 9.33. The summed E-state index contributed by atoms with van der Waals surface area (Å²) < 4.78 is 47.4. The molecule has 3 rings (SSSR count). The van der Waals surface area contributed by atoms with Gasteiger partial charge in [-0.15, -0.1) is 0 Å². The molecule has 0 spiro atoms. The van der Waals surface area contributed by atoms with Crippen molar-refractivity contribution in [1.29, 1.82) is 0 Å². The Morgan fingerprint density at radius 3 is 2.35 bits per heavy atom. The fourth-order valence-corrected chi connectivity index (χ4v) is 3.56. The minimum absolute atomic E-state index is 0.297. The molecule has 1 aliphatic heterocycles. The lowest BCUT2D eigenvalue weighted by atomic mass is 10.1. The highest BCUT2D eigenvalue weighted by Gasteiger charge is 2.39. The Labute approximate surface area is 154 Å². The smallest absolute Gasteiger partial charge is 0.313 e. The van der Waals surface area contributed by atoms with E-state index in [1.807, 2.05) is 0 Å². The average Bonchev–Trinajstić information content (AvgIpc) is 2.85. The van der Waals surface area contributed by atoms with Gasteiger partial charge in [-0.1, -0.05) is 35.9 Å². The number of carbonyl (C=O) groups excluding carboxylic acids is 1. The van der Waals surface area contributed by atoms with Crippen molar-refractivity contribution in [1.82, 2.24) is 0 Å². The maximum absolute atomic E-state index is 12.9. The molecule has 0 saturated heterocycles. The molecule has 0 radical (unpaired) electrons. The van der Waals surface area contributed by atoms with Crippen molar-refractivity contribution in [3.05, 3.63) is 82.1 Å². The Hall–Kier alpha value is -2.58. The van der Waals surface area contributed by atoms with Crippen LogP contribution in [0.25, 0.3) is 0 Å². The summed E-state index contributed by atoms with van der Waals surface area (Å²) in [4.78, 5) is 12.4. The van der Waals surface area contributed by atoms with Gasteiger partial charge in [0.25, 0.3) is 0 Å². The van der Waals surface area contributed by atoms with E-state index < -0.39 is 45.2 Å². The van der Waals surface area contributed by atoms with E-state index in [-0.39, 0.29) is 0 Å². The third-order valence-electron chi connectivity index (χ3n) is 3.57. The third kappa shape index (κ3) is 3.97. The first-order chi connectivity index (χ1) is 12.2. The summed E-state index contributed by atoms with van der Waals surface area (Å²) in [7, 11) is -4.19. The third-order valence-corrected chi connectivity index (χ3v) is 4.93. The van der Waals surface area contributed by atoms with E-state index >= 15 is 0 Å². The van der Waals surface area contributed by atoms with Crippen LogP contribution >= 0.6 is 11.6 Å². The van der Waals surface area contributed by atoms with Crippen LogP contribution in [-0.2, 0) is 29.6 Å². The molecule has 2 N–H and O–H groups in total. The Morgan fingerprint density at radius 1 is 1.12 bits per heavy atom. The number of carbonyl (C=O) groups is 1. The summed E-state index contributed by atoms with van der Waals surface area (Å²) in [6.07, 6.45) is -1.11. The van der Waals surface area contributed by atoms with Gasteiger partial charge in [0.2, 0.25) is 17.4 Å². The number of nitrogens with two attached hydrogens (primary N) is 1. The molecule has 1 atom stereocenters. The molecule has 0 saturated carbocycles. The second-order valence-electron chi connectivity index (χ2n) is 5.52. The second kappa shape index (κ2) is 6.97. The predicted molar refractivity (Wildman–Crippen MR) is 91.6 cm³/mol. The van der Waals surface area contributed by atoms with E-state index in [0.29, 0.717) is 16.1 Å². The zero-order valence-electron chi connectivity index (χ0n) is 13.2. The van der Waals surface area contributed by atoms with Crippen LogP contribution in [0.3, 0.4) is 0 Å². The molecule has 1 heterocycles. The van der Waals surface area contributed by atoms with E-state index in [0.717, 1.165) is 12.1 Å². The van der Waals surface area contributed by atoms with Gasteiger partial charge in [0.15, 0.2) is 6.10 Å². The van der Waals surface area contributed by atoms with Gasteiger partial charge in [0, 0.05) is 10.6 Å². The highest BCUT2D eigenvalue weighted by atomic mass is 35.5. The van der Waals surface area contributed by atoms with Gasteiger partial charge in [-0.3, -0.25) is 4.79 Å².